The van der Waals surface area contributed by atoms with Gasteiger partial charge in [0.15, 0.2) is 0 Å². The molecule has 0 aromatic rings. The molecule has 2 aliphatic carbocycles. The zero-order valence-electron chi connectivity index (χ0n) is 8.18. The zero-order valence-corrected chi connectivity index (χ0v) is 8.18. The van der Waals surface area contributed by atoms with Crippen molar-refractivity contribution >= 4 is 5.91 Å². The molecule has 0 aliphatic heterocycles. The van der Waals surface area contributed by atoms with E-state index in [1.165, 1.54) is 12.8 Å². The minimum atomic E-state index is -0.361. The zero-order chi connectivity index (χ0) is 9.47. The van der Waals surface area contributed by atoms with Gasteiger partial charge < -0.3 is 11.1 Å². The molecule has 0 radical (unpaired) electrons. The Morgan fingerprint density at radius 1 is 1.46 bits per heavy atom. The molecule has 0 spiro atoms. The van der Waals surface area contributed by atoms with E-state index in [0.29, 0.717) is 12.0 Å². The monoisotopic (exact) mass is 182 g/mol. The van der Waals surface area contributed by atoms with Crippen LogP contribution in [-0.2, 0) is 4.79 Å². The van der Waals surface area contributed by atoms with Gasteiger partial charge in [-0.25, -0.2) is 0 Å². The van der Waals surface area contributed by atoms with Crippen molar-refractivity contribution in [2.45, 2.75) is 50.6 Å². The van der Waals surface area contributed by atoms with Gasteiger partial charge in [0.2, 0.25) is 5.91 Å². The Hall–Kier alpha value is -0.570. The number of hydrogen-bond acceptors (Lipinski definition) is 2. The van der Waals surface area contributed by atoms with Crippen LogP contribution < -0.4 is 11.1 Å². The smallest absolute Gasteiger partial charge is 0.237 e. The molecule has 0 heterocycles. The molecule has 3 N–H and O–H groups in total. The van der Waals surface area contributed by atoms with Crippen molar-refractivity contribution in [1.82, 2.24) is 5.32 Å². The van der Waals surface area contributed by atoms with E-state index >= 15 is 0 Å². The van der Waals surface area contributed by atoms with Gasteiger partial charge in [-0.15, -0.1) is 0 Å². The first kappa shape index (κ1) is 9.00. The van der Waals surface area contributed by atoms with Crippen LogP contribution in [0.1, 0.15) is 39.0 Å². The summed E-state index contributed by atoms with van der Waals surface area (Å²) in [4.78, 5) is 11.4. The number of nitrogens with one attached hydrogen (secondary N) is 1. The average molecular weight is 182 g/mol. The molecule has 0 aromatic carbocycles. The van der Waals surface area contributed by atoms with Crippen molar-refractivity contribution in [2.75, 3.05) is 0 Å². The van der Waals surface area contributed by atoms with Gasteiger partial charge in [-0.1, -0.05) is 6.92 Å². The molecule has 0 saturated heterocycles. The second kappa shape index (κ2) is 2.98. The first-order chi connectivity index (χ1) is 6.12. The highest BCUT2D eigenvalue weighted by atomic mass is 16.1. The Morgan fingerprint density at radius 2 is 2.15 bits per heavy atom. The van der Waals surface area contributed by atoms with Crippen LogP contribution in [0.15, 0.2) is 0 Å². The van der Waals surface area contributed by atoms with Gasteiger partial charge in [-0.3, -0.25) is 4.79 Å². The lowest BCUT2D eigenvalue weighted by Crippen LogP contribution is -2.54. The number of primary amides is 1. The van der Waals surface area contributed by atoms with Gasteiger partial charge in [0.05, 0.1) is 5.54 Å². The van der Waals surface area contributed by atoms with Gasteiger partial charge in [0.25, 0.3) is 0 Å². The third kappa shape index (κ3) is 1.70. The minimum absolute atomic E-state index is 0.149. The first-order valence-corrected chi connectivity index (χ1v) is 5.20. The summed E-state index contributed by atoms with van der Waals surface area (Å²) in [5, 5.41) is 3.42. The molecule has 1 amide bonds. The summed E-state index contributed by atoms with van der Waals surface area (Å²) in [6, 6.07) is 0.567. The van der Waals surface area contributed by atoms with Gasteiger partial charge in [-0.2, -0.15) is 0 Å². The second-order valence-corrected chi connectivity index (χ2v) is 4.71. The second-order valence-electron chi connectivity index (χ2n) is 4.71. The number of hydrogen-bond donors (Lipinski definition) is 2. The number of carbonyl (C=O) groups excluding carboxylic acids is 1. The Bertz CT molecular complexity index is 225. The van der Waals surface area contributed by atoms with Crippen LogP contribution in [0.2, 0.25) is 0 Å². The van der Waals surface area contributed by atoms with Gasteiger partial charge in [-0.05, 0) is 38.0 Å². The SMILES string of the molecule is CC1CCC(NC2CC2)(C(N)=O)C1. The van der Waals surface area contributed by atoms with Crippen LogP contribution in [0, 0.1) is 5.92 Å². The summed E-state index contributed by atoms with van der Waals surface area (Å²) in [5.74, 6) is 0.488. The standard InChI is InChI=1S/C10H18N2O/c1-7-4-5-10(6-7,9(11)13)12-8-2-3-8/h7-8,12H,2-6H2,1H3,(H2,11,13). The highest BCUT2D eigenvalue weighted by Crippen LogP contribution is 2.36. The molecule has 3 heteroatoms. The van der Waals surface area contributed by atoms with E-state index in [1.807, 2.05) is 0 Å². The minimum Gasteiger partial charge on any atom is -0.368 e. The Morgan fingerprint density at radius 3 is 2.54 bits per heavy atom. The molecule has 13 heavy (non-hydrogen) atoms. The van der Waals surface area contributed by atoms with Crippen LogP contribution in [0.4, 0.5) is 0 Å². The van der Waals surface area contributed by atoms with Gasteiger partial charge >= 0.3 is 0 Å². The maximum absolute atomic E-state index is 11.4. The van der Waals surface area contributed by atoms with Crippen molar-refractivity contribution in [3.8, 4) is 0 Å². The van der Waals surface area contributed by atoms with E-state index in [0.717, 1.165) is 19.3 Å². The molecule has 3 nitrogen and oxygen atoms in total. The fourth-order valence-electron chi connectivity index (χ4n) is 2.34. The van der Waals surface area contributed by atoms with Gasteiger partial charge in [0.1, 0.15) is 0 Å². The predicted octanol–water partition coefficient (Wildman–Crippen LogP) is 0.783. The molecule has 2 atom stereocenters. The summed E-state index contributed by atoms with van der Waals surface area (Å²) in [6.07, 6.45) is 5.41. The van der Waals surface area contributed by atoms with Crippen LogP contribution >= 0.6 is 0 Å². The fraction of sp³-hybridized carbons (Fsp3) is 0.900. The van der Waals surface area contributed by atoms with E-state index in [9.17, 15) is 4.79 Å². The first-order valence-electron chi connectivity index (χ1n) is 5.20. The summed E-state index contributed by atoms with van der Waals surface area (Å²) in [5.41, 5.74) is 5.11. The summed E-state index contributed by atoms with van der Waals surface area (Å²) in [6.45, 7) is 2.19. The lowest BCUT2D eigenvalue weighted by molar-refractivity contribution is -0.124. The van der Waals surface area contributed by atoms with Crippen LogP contribution in [-0.4, -0.2) is 17.5 Å². The predicted molar refractivity (Wildman–Crippen MR) is 51.1 cm³/mol. The Balaban J connectivity index is 2.05. The molecule has 2 aliphatic rings. The third-order valence-electron chi connectivity index (χ3n) is 3.29. The molecule has 2 unspecified atom stereocenters. The molecule has 2 rings (SSSR count). The van der Waals surface area contributed by atoms with E-state index in [2.05, 4.69) is 12.2 Å². The van der Waals surface area contributed by atoms with Crippen LogP contribution in [0.3, 0.4) is 0 Å². The van der Waals surface area contributed by atoms with E-state index < -0.39 is 0 Å². The third-order valence-corrected chi connectivity index (χ3v) is 3.29. The molecule has 2 saturated carbocycles. The normalized spacial score (nSPS) is 39.3. The van der Waals surface area contributed by atoms with Crippen LogP contribution in [0.5, 0.6) is 0 Å². The summed E-state index contributed by atoms with van der Waals surface area (Å²) >= 11 is 0. The maximum Gasteiger partial charge on any atom is 0.237 e. The Labute approximate surface area is 79.1 Å². The van der Waals surface area contributed by atoms with Crippen molar-refractivity contribution in [3.63, 3.8) is 0 Å². The van der Waals surface area contributed by atoms with Crippen molar-refractivity contribution in [1.29, 1.82) is 0 Å². The fourth-order valence-corrected chi connectivity index (χ4v) is 2.34. The lowest BCUT2D eigenvalue weighted by Gasteiger charge is -2.27. The number of nitrogens with two attached hydrogens (primary N) is 1. The number of amides is 1. The lowest BCUT2D eigenvalue weighted by atomic mass is 9.95. The van der Waals surface area contributed by atoms with E-state index in [4.69, 9.17) is 5.73 Å². The average Bonchev–Trinajstić information content (AvgIpc) is 2.76. The Kier molecular flexibility index (Phi) is 2.06. The number of carbonyl (C=O) groups is 1. The molecule has 74 valence electrons. The van der Waals surface area contributed by atoms with Crippen molar-refractivity contribution in [2.24, 2.45) is 11.7 Å². The van der Waals surface area contributed by atoms with Crippen LogP contribution in [0.25, 0.3) is 0 Å². The molecule has 2 fully saturated rings. The largest absolute Gasteiger partial charge is 0.368 e. The highest BCUT2D eigenvalue weighted by molar-refractivity contribution is 5.85. The van der Waals surface area contributed by atoms with Crippen molar-refractivity contribution in [3.05, 3.63) is 0 Å². The van der Waals surface area contributed by atoms with Gasteiger partial charge in [0, 0.05) is 6.04 Å². The molecule has 0 aromatic heterocycles. The maximum atomic E-state index is 11.4. The molecular weight excluding hydrogens is 164 g/mol. The quantitative estimate of drug-likeness (QED) is 0.677. The summed E-state index contributed by atoms with van der Waals surface area (Å²) < 4.78 is 0. The van der Waals surface area contributed by atoms with Crippen molar-refractivity contribution < 1.29 is 4.79 Å². The topological polar surface area (TPSA) is 55.1 Å². The summed E-state index contributed by atoms with van der Waals surface area (Å²) in [7, 11) is 0. The molecular formula is C10H18N2O. The highest BCUT2D eigenvalue weighted by Gasteiger charge is 2.45. The number of rotatable bonds is 3. The van der Waals surface area contributed by atoms with E-state index in [1.54, 1.807) is 0 Å². The van der Waals surface area contributed by atoms with E-state index in [-0.39, 0.29) is 11.4 Å². The molecule has 0 bridgehead atoms.